The van der Waals surface area contributed by atoms with Crippen molar-refractivity contribution >= 4 is 5.91 Å². The predicted molar refractivity (Wildman–Crippen MR) is 106 cm³/mol. The Hall–Kier alpha value is -2.53. The van der Waals surface area contributed by atoms with E-state index in [1.165, 1.54) is 5.56 Å². The number of carbonyl (C=O) groups is 1. The third-order valence-electron chi connectivity index (χ3n) is 5.14. The molecule has 144 valence electrons. The lowest BCUT2D eigenvalue weighted by Crippen LogP contribution is -2.40. The summed E-state index contributed by atoms with van der Waals surface area (Å²) in [5, 5.41) is 3.07. The molecule has 5 heteroatoms. The number of methoxy groups -OCH3 is 2. The van der Waals surface area contributed by atoms with Gasteiger partial charge in [-0.3, -0.25) is 9.69 Å². The number of para-hydroxylation sites is 1. The summed E-state index contributed by atoms with van der Waals surface area (Å²) in [4.78, 5) is 14.9. The zero-order chi connectivity index (χ0) is 19.1. The maximum Gasteiger partial charge on any atom is 0.223 e. The van der Waals surface area contributed by atoms with E-state index in [9.17, 15) is 4.79 Å². The van der Waals surface area contributed by atoms with Crippen LogP contribution in [0.15, 0.2) is 48.5 Å². The topological polar surface area (TPSA) is 50.8 Å². The van der Waals surface area contributed by atoms with Gasteiger partial charge in [0.15, 0.2) is 0 Å². The minimum absolute atomic E-state index is 0.0845. The molecule has 0 spiro atoms. The zero-order valence-corrected chi connectivity index (χ0v) is 16.1. The van der Waals surface area contributed by atoms with Crippen LogP contribution in [-0.2, 0) is 17.9 Å². The van der Waals surface area contributed by atoms with Gasteiger partial charge in [0.2, 0.25) is 5.91 Å². The molecule has 1 heterocycles. The van der Waals surface area contributed by atoms with Crippen molar-refractivity contribution in [1.82, 2.24) is 10.2 Å². The summed E-state index contributed by atoms with van der Waals surface area (Å²) in [6.07, 6.45) is 1.78. The van der Waals surface area contributed by atoms with E-state index in [1.54, 1.807) is 14.2 Å². The van der Waals surface area contributed by atoms with E-state index in [-0.39, 0.29) is 11.8 Å². The van der Waals surface area contributed by atoms with Crippen LogP contribution in [0.4, 0.5) is 0 Å². The second kappa shape index (κ2) is 9.42. The number of rotatable bonds is 7. The average Bonchev–Trinajstić information content (AvgIpc) is 2.73. The van der Waals surface area contributed by atoms with Gasteiger partial charge in [-0.2, -0.15) is 0 Å². The molecule has 27 heavy (non-hydrogen) atoms. The van der Waals surface area contributed by atoms with Crippen molar-refractivity contribution in [2.45, 2.75) is 25.9 Å². The molecule has 0 aromatic heterocycles. The molecule has 1 saturated heterocycles. The molecule has 2 aromatic rings. The molecular weight excluding hydrogens is 340 g/mol. The first-order valence-corrected chi connectivity index (χ1v) is 9.44. The van der Waals surface area contributed by atoms with Crippen LogP contribution >= 0.6 is 0 Å². The third-order valence-corrected chi connectivity index (χ3v) is 5.14. The summed E-state index contributed by atoms with van der Waals surface area (Å²) in [5.74, 6) is 1.92. The molecule has 0 aliphatic carbocycles. The fourth-order valence-corrected chi connectivity index (χ4v) is 3.56. The molecule has 0 atom stereocenters. The van der Waals surface area contributed by atoms with E-state index in [0.29, 0.717) is 6.54 Å². The molecule has 0 saturated carbocycles. The Kier molecular flexibility index (Phi) is 6.71. The quantitative estimate of drug-likeness (QED) is 0.815. The fourth-order valence-electron chi connectivity index (χ4n) is 3.56. The van der Waals surface area contributed by atoms with E-state index >= 15 is 0 Å². The number of benzene rings is 2. The lowest BCUT2D eigenvalue weighted by molar-refractivity contribution is -0.126. The molecule has 1 fully saturated rings. The summed E-state index contributed by atoms with van der Waals surface area (Å²) < 4.78 is 10.6. The molecule has 1 aliphatic rings. The monoisotopic (exact) mass is 368 g/mol. The summed E-state index contributed by atoms with van der Waals surface area (Å²) in [7, 11) is 3.34. The van der Waals surface area contributed by atoms with Crippen molar-refractivity contribution in [3.8, 4) is 11.5 Å². The highest BCUT2D eigenvalue weighted by molar-refractivity contribution is 5.78. The second-order valence-electron chi connectivity index (χ2n) is 6.93. The first-order valence-electron chi connectivity index (χ1n) is 9.44. The van der Waals surface area contributed by atoms with Gasteiger partial charge in [-0.15, -0.1) is 0 Å². The van der Waals surface area contributed by atoms with Gasteiger partial charge in [-0.25, -0.2) is 0 Å². The lowest BCUT2D eigenvalue weighted by Gasteiger charge is -2.31. The number of amides is 1. The smallest absolute Gasteiger partial charge is 0.223 e. The van der Waals surface area contributed by atoms with Crippen LogP contribution in [0.25, 0.3) is 0 Å². The highest BCUT2D eigenvalue weighted by Crippen LogP contribution is 2.22. The number of piperidine rings is 1. The molecule has 0 radical (unpaired) electrons. The van der Waals surface area contributed by atoms with Crippen LogP contribution in [0.3, 0.4) is 0 Å². The molecular formula is C22H28N2O3. The van der Waals surface area contributed by atoms with E-state index in [0.717, 1.165) is 49.5 Å². The van der Waals surface area contributed by atoms with Crippen LogP contribution in [0.2, 0.25) is 0 Å². The second-order valence-corrected chi connectivity index (χ2v) is 6.93. The molecule has 1 aliphatic heterocycles. The minimum atomic E-state index is 0.0845. The van der Waals surface area contributed by atoms with Gasteiger partial charge in [0, 0.05) is 24.6 Å². The average molecular weight is 368 g/mol. The Morgan fingerprint density at radius 2 is 1.85 bits per heavy atom. The van der Waals surface area contributed by atoms with E-state index < -0.39 is 0 Å². The van der Waals surface area contributed by atoms with Crippen LogP contribution in [0.1, 0.15) is 24.0 Å². The SMILES string of the molecule is COc1cccc(CN2CCC(C(=O)NCc3ccccc3OC)CC2)c1. The van der Waals surface area contributed by atoms with Crippen LogP contribution in [0.5, 0.6) is 11.5 Å². The molecule has 1 N–H and O–H groups in total. The fraction of sp³-hybridized carbons (Fsp3) is 0.409. The predicted octanol–water partition coefficient (Wildman–Crippen LogP) is 3.23. The maximum atomic E-state index is 12.5. The van der Waals surface area contributed by atoms with Crippen molar-refractivity contribution < 1.29 is 14.3 Å². The Labute approximate surface area is 161 Å². The standard InChI is InChI=1S/C22H28N2O3/c1-26-20-8-5-6-17(14-20)16-24-12-10-18(11-13-24)22(25)23-15-19-7-3-4-9-21(19)27-2/h3-9,14,18H,10-13,15-16H2,1-2H3,(H,23,25). The van der Waals surface area contributed by atoms with Gasteiger partial charge in [-0.05, 0) is 49.7 Å². The Morgan fingerprint density at radius 3 is 2.59 bits per heavy atom. The Balaban J connectivity index is 1.46. The summed E-state index contributed by atoms with van der Waals surface area (Å²) in [6.45, 7) is 3.27. The van der Waals surface area contributed by atoms with Gasteiger partial charge >= 0.3 is 0 Å². The van der Waals surface area contributed by atoms with E-state index in [4.69, 9.17) is 9.47 Å². The summed E-state index contributed by atoms with van der Waals surface area (Å²) in [5.41, 5.74) is 2.25. The van der Waals surface area contributed by atoms with Crippen molar-refractivity contribution in [2.24, 2.45) is 5.92 Å². The largest absolute Gasteiger partial charge is 0.497 e. The molecule has 0 unspecified atom stereocenters. The minimum Gasteiger partial charge on any atom is -0.497 e. The van der Waals surface area contributed by atoms with Crippen molar-refractivity contribution in [3.63, 3.8) is 0 Å². The van der Waals surface area contributed by atoms with Crippen LogP contribution in [0, 0.1) is 5.92 Å². The van der Waals surface area contributed by atoms with Crippen molar-refractivity contribution in [2.75, 3.05) is 27.3 Å². The number of nitrogens with zero attached hydrogens (tertiary/aromatic N) is 1. The molecule has 1 amide bonds. The summed E-state index contributed by atoms with van der Waals surface area (Å²) >= 11 is 0. The lowest BCUT2D eigenvalue weighted by atomic mass is 9.95. The first-order chi connectivity index (χ1) is 13.2. The number of hydrogen-bond acceptors (Lipinski definition) is 4. The first kappa shape index (κ1) is 19.2. The Morgan fingerprint density at radius 1 is 1.07 bits per heavy atom. The van der Waals surface area contributed by atoms with Gasteiger partial charge in [-0.1, -0.05) is 30.3 Å². The number of nitrogens with one attached hydrogen (secondary N) is 1. The zero-order valence-electron chi connectivity index (χ0n) is 16.1. The van der Waals surface area contributed by atoms with Gasteiger partial charge in [0.1, 0.15) is 11.5 Å². The maximum absolute atomic E-state index is 12.5. The molecule has 5 nitrogen and oxygen atoms in total. The highest BCUT2D eigenvalue weighted by atomic mass is 16.5. The van der Waals surface area contributed by atoms with E-state index in [1.807, 2.05) is 36.4 Å². The molecule has 2 aromatic carbocycles. The van der Waals surface area contributed by atoms with Crippen molar-refractivity contribution in [3.05, 3.63) is 59.7 Å². The number of likely N-dealkylation sites (tertiary alicyclic amines) is 1. The van der Waals surface area contributed by atoms with Crippen LogP contribution in [-0.4, -0.2) is 38.1 Å². The van der Waals surface area contributed by atoms with Gasteiger partial charge in [0.25, 0.3) is 0 Å². The van der Waals surface area contributed by atoms with E-state index in [2.05, 4.69) is 22.3 Å². The Bertz CT molecular complexity index is 755. The highest BCUT2D eigenvalue weighted by Gasteiger charge is 2.25. The molecule has 0 bridgehead atoms. The number of hydrogen-bond donors (Lipinski definition) is 1. The summed E-state index contributed by atoms with van der Waals surface area (Å²) in [6, 6.07) is 16.0. The number of ether oxygens (including phenoxy) is 2. The van der Waals surface area contributed by atoms with Crippen LogP contribution < -0.4 is 14.8 Å². The normalized spacial score (nSPS) is 15.3. The van der Waals surface area contributed by atoms with Crippen molar-refractivity contribution in [1.29, 1.82) is 0 Å². The van der Waals surface area contributed by atoms with Gasteiger partial charge < -0.3 is 14.8 Å². The third kappa shape index (κ3) is 5.23. The number of carbonyl (C=O) groups excluding carboxylic acids is 1. The van der Waals surface area contributed by atoms with Gasteiger partial charge in [0.05, 0.1) is 14.2 Å². The molecule has 3 rings (SSSR count).